The first-order valence-electron chi connectivity index (χ1n) is 8.79. The number of nitrogens with one attached hydrogen (secondary N) is 2. The summed E-state index contributed by atoms with van der Waals surface area (Å²) in [6.45, 7) is 4.34. The zero-order chi connectivity index (χ0) is 19.2. The van der Waals surface area contributed by atoms with Crippen molar-refractivity contribution in [3.05, 3.63) is 65.9 Å². The van der Waals surface area contributed by atoms with Crippen molar-refractivity contribution in [3.63, 3.8) is 0 Å². The normalized spacial score (nSPS) is 11.9. The first-order valence-corrected chi connectivity index (χ1v) is 8.79. The van der Waals surface area contributed by atoms with Crippen LogP contribution in [0.1, 0.15) is 25.8 Å². The minimum atomic E-state index is -0.609. The predicted molar refractivity (Wildman–Crippen MR) is 102 cm³/mol. The molecule has 7 heteroatoms. The molecule has 0 aliphatic rings. The van der Waals surface area contributed by atoms with E-state index in [0.717, 1.165) is 12.5 Å². The van der Waals surface area contributed by atoms with E-state index in [-0.39, 0.29) is 12.6 Å². The van der Waals surface area contributed by atoms with Crippen molar-refractivity contribution in [2.45, 2.75) is 32.9 Å². The van der Waals surface area contributed by atoms with Crippen LogP contribution in [0, 0.1) is 11.6 Å². The van der Waals surface area contributed by atoms with Crippen molar-refractivity contribution < 1.29 is 8.78 Å². The second-order valence-electron chi connectivity index (χ2n) is 6.26. The minimum absolute atomic E-state index is 0.203. The molecule has 5 nitrogen and oxygen atoms in total. The largest absolute Gasteiger partial charge is 0.366 e. The van der Waals surface area contributed by atoms with Crippen LogP contribution < -0.4 is 10.6 Å². The molecule has 2 aromatic heterocycles. The quantitative estimate of drug-likeness (QED) is 0.635. The molecule has 0 spiro atoms. The van der Waals surface area contributed by atoms with Crippen LogP contribution in [0.3, 0.4) is 0 Å². The minimum Gasteiger partial charge on any atom is -0.366 e. The Morgan fingerprint density at radius 3 is 2.44 bits per heavy atom. The van der Waals surface area contributed by atoms with Crippen LogP contribution in [0.15, 0.2) is 48.7 Å². The summed E-state index contributed by atoms with van der Waals surface area (Å²) in [6, 6.07) is 11.0. The number of anilines is 2. The van der Waals surface area contributed by atoms with E-state index in [1.54, 1.807) is 12.3 Å². The fourth-order valence-corrected chi connectivity index (χ4v) is 2.48. The number of hydrogen-bond acceptors (Lipinski definition) is 5. The van der Waals surface area contributed by atoms with Crippen LogP contribution in [0.5, 0.6) is 0 Å². The van der Waals surface area contributed by atoms with Gasteiger partial charge in [-0.15, -0.1) is 0 Å². The van der Waals surface area contributed by atoms with Gasteiger partial charge in [0.15, 0.2) is 0 Å². The first-order chi connectivity index (χ1) is 13.0. The lowest BCUT2D eigenvalue weighted by Crippen LogP contribution is -2.16. The Morgan fingerprint density at radius 2 is 1.78 bits per heavy atom. The molecule has 3 aromatic rings. The van der Waals surface area contributed by atoms with Crippen LogP contribution in [0.4, 0.5) is 20.5 Å². The lowest BCUT2D eigenvalue weighted by Gasteiger charge is -2.14. The summed E-state index contributed by atoms with van der Waals surface area (Å²) in [4.78, 5) is 13.3. The Bertz CT molecular complexity index is 882. The average Bonchev–Trinajstić information content (AvgIpc) is 2.66. The van der Waals surface area contributed by atoms with Crippen molar-refractivity contribution in [2.24, 2.45) is 0 Å². The maximum Gasteiger partial charge on any atom is 0.225 e. The topological polar surface area (TPSA) is 62.7 Å². The molecule has 0 saturated heterocycles. The molecular weight excluding hydrogens is 348 g/mol. The number of rotatable bonds is 7. The predicted octanol–water partition coefficient (Wildman–Crippen LogP) is 4.64. The summed E-state index contributed by atoms with van der Waals surface area (Å²) < 4.78 is 26.7. The third kappa shape index (κ3) is 5.20. The fraction of sp³-hybridized carbons (Fsp3) is 0.250. The van der Waals surface area contributed by atoms with E-state index in [9.17, 15) is 8.78 Å². The van der Waals surface area contributed by atoms with E-state index in [4.69, 9.17) is 0 Å². The highest BCUT2D eigenvalue weighted by molar-refractivity contribution is 5.61. The molecule has 0 aliphatic carbocycles. The van der Waals surface area contributed by atoms with Crippen LogP contribution in [0.25, 0.3) is 11.4 Å². The van der Waals surface area contributed by atoms with Gasteiger partial charge in [-0.25, -0.2) is 13.8 Å². The smallest absolute Gasteiger partial charge is 0.225 e. The Hall–Kier alpha value is -3.09. The summed E-state index contributed by atoms with van der Waals surface area (Å²) in [6.07, 6.45) is 2.62. The lowest BCUT2D eigenvalue weighted by atomic mass is 10.2. The summed E-state index contributed by atoms with van der Waals surface area (Å²) in [5.41, 5.74) is 1.86. The average molecular weight is 369 g/mol. The molecule has 27 heavy (non-hydrogen) atoms. The lowest BCUT2D eigenvalue weighted by molar-refractivity contribution is 0.580. The van der Waals surface area contributed by atoms with Crippen LogP contribution in [-0.4, -0.2) is 21.0 Å². The molecule has 140 valence electrons. The van der Waals surface area contributed by atoms with Crippen LogP contribution in [-0.2, 0) is 6.54 Å². The van der Waals surface area contributed by atoms with Crippen molar-refractivity contribution in [1.29, 1.82) is 0 Å². The van der Waals surface area contributed by atoms with Gasteiger partial charge < -0.3 is 10.6 Å². The Morgan fingerprint density at radius 1 is 1.00 bits per heavy atom. The Balaban J connectivity index is 1.87. The third-order valence-corrected chi connectivity index (χ3v) is 4.04. The summed E-state index contributed by atoms with van der Waals surface area (Å²) in [7, 11) is 0. The third-order valence-electron chi connectivity index (χ3n) is 4.04. The van der Waals surface area contributed by atoms with Gasteiger partial charge in [-0.2, -0.15) is 4.98 Å². The number of benzene rings is 1. The van der Waals surface area contributed by atoms with E-state index >= 15 is 0 Å². The molecule has 0 amide bonds. The van der Waals surface area contributed by atoms with E-state index in [1.807, 2.05) is 25.1 Å². The molecule has 2 heterocycles. The molecule has 0 aliphatic heterocycles. The first kappa shape index (κ1) is 18.7. The molecule has 1 aromatic carbocycles. The second-order valence-corrected chi connectivity index (χ2v) is 6.26. The van der Waals surface area contributed by atoms with Gasteiger partial charge in [0.05, 0.1) is 11.4 Å². The van der Waals surface area contributed by atoms with E-state index in [1.165, 1.54) is 12.1 Å². The highest BCUT2D eigenvalue weighted by Crippen LogP contribution is 2.21. The zero-order valence-corrected chi connectivity index (χ0v) is 15.2. The summed E-state index contributed by atoms with van der Waals surface area (Å²) >= 11 is 0. The number of pyridine rings is 1. The SMILES string of the molecule is CC[C@@H](C)Nc1nc(NCc2cc(F)cc(F)c2)cc(-c2ccccn2)n1. The van der Waals surface area contributed by atoms with Gasteiger partial charge in [-0.05, 0) is 43.2 Å². The fourth-order valence-electron chi connectivity index (χ4n) is 2.48. The number of nitrogens with zero attached hydrogens (tertiary/aromatic N) is 3. The monoisotopic (exact) mass is 369 g/mol. The van der Waals surface area contributed by atoms with Crippen molar-refractivity contribution in [1.82, 2.24) is 15.0 Å². The molecule has 3 rings (SSSR count). The molecular formula is C20H21F2N5. The molecule has 0 bridgehead atoms. The summed E-state index contributed by atoms with van der Waals surface area (Å²) in [5, 5.41) is 6.35. The molecule has 1 atom stereocenters. The molecule has 0 radical (unpaired) electrons. The van der Waals surface area contributed by atoms with Crippen molar-refractivity contribution in [2.75, 3.05) is 10.6 Å². The summed E-state index contributed by atoms with van der Waals surface area (Å²) in [5.74, 6) is -0.202. The maximum absolute atomic E-state index is 13.4. The van der Waals surface area contributed by atoms with Gasteiger partial charge in [0, 0.05) is 30.9 Å². The zero-order valence-electron chi connectivity index (χ0n) is 15.2. The van der Waals surface area contributed by atoms with Gasteiger partial charge in [0.1, 0.15) is 17.5 Å². The molecule has 0 fully saturated rings. The number of hydrogen-bond donors (Lipinski definition) is 2. The Labute approximate surface area is 156 Å². The van der Waals surface area contributed by atoms with Gasteiger partial charge in [0.2, 0.25) is 5.95 Å². The standard InChI is InChI=1S/C20H21F2N5/c1-3-13(2)25-20-26-18(17-6-4-5-7-23-17)11-19(27-20)24-12-14-8-15(21)10-16(22)9-14/h4-11,13H,3,12H2,1-2H3,(H2,24,25,26,27)/t13-/m1/s1. The van der Waals surface area contributed by atoms with Crippen molar-refractivity contribution >= 4 is 11.8 Å². The number of halogens is 2. The van der Waals surface area contributed by atoms with E-state index in [2.05, 4.69) is 32.5 Å². The molecule has 2 N–H and O–H groups in total. The highest BCUT2D eigenvalue weighted by Gasteiger charge is 2.10. The van der Waals surface area contributed by atoms with Gasteiger partial charge in [0.25, 0.3) is 0 Å². The van der Waals surface area contributed by atoms with E-state index in [0.29, 0.717) is 28.7 Å². The maximum atomic E-state index is 13.4. The van der Waals surface area contributed by atoms with Crippen LogP contribution in [0.2, 0.25) is 0 Å². The van der Waals surface area contributed by atoms with Gasteiger partial charge in [-0.3, -0.25) is 4.98 Å². The second kappa shape index (κ2) is 8.53. The highest BCUT2D eigenvalue weighted by atomic mass is 19.1. The van der Waals surface area contributed by atoms with Gasteiger partial charge in [-0.1, -0.05) is 13.0 Å². The number of aromatic nitrogens is 3. The molecule has 0 unspecified atom stereocenters. The molecule has 0 saturated carbocycles. The van der Waals surface area contributed by atoms with Crippen molar-refractivity contribution in [3.8, 4) is 11.4 Å². The van der Waals surface area contributed by atoms with Gasteiger partial charge >= 0.3 is 0 Å². The van der Waals surface area contributed by atoms with Crippen LogP contribution >= 0.6 is 0 Å². The van der Waals surface area contributed by atoms with E-state index < -0.39 is 11.6 Å². The Kier molecular flexibility index (Phi) is 5.90.